The van der Waals surface area contributed by atoms with Crippen LogP contribution in [0, 0.1) is 0 Å². The van der Waals surface area contributed by atoms with Crippen LogP contribution >= 0.6 is 0 Å². The van der Waals surface area contributed by atoms with Gasteiger partial charge in [-0.3, -0.25) is 4.79 Å². The van der Waals surface area contributed by atoms with Gasteiger partial charge in [0.05, 0.1) is 6.04 Å². The van der Waals surface area contributed by atoms with Crippen molar-refractivity contribution in [2.75, 3.05) is 13.2 Å². The van der Waals surface area contributed by atoms with Gasteiger partial charge in [-0.05, 0) is 6.92 Å². The number of amides is 1. The summed E-state index contributed by atoms with van der Waals surface area (Å²) in [7, 11) is 0. The molecule has 0 aromatic heterocycles. The van der Waals surface area contributed by atoms with E-state index < -0.39 is 23.5 Å². The predicted molar refractivity (Wildman–Crippen MR) is 52.2 cm³/mol. The van der Waals surface area contributed by atoms with Gasteiger partial charge in [0.1, 0.15) is 5.54 Å². The minimum atomic E-state index is -1.21. The molecular formula is C9H16N2O4. The number of rotatable bonds is 3. The predicted octanol–water partition coefficient (Wildman–Crippen LogP) is -0.916. The molecule has 0 radical (unpaired) electrons. The van der Waals surface area contributed by atoms with Crippen molar-refractivity contribution in [1.82, 2.24) is 5.32 Å². The lowest BCUT2D eigenvalue weighted by atomic mass is 9.90. The molecule has 0 bridgehead atoms. The molecule has 1 heterocycles. The molecule has 0 aromatic carbocycles. The van der Waals surface area contributed by atoms with Crippen molar-refractivity contribution in [1.29, 1.82) is 0 Å². The third-order valence-electron chi connectivity index (χ3n) is 2.53. The maximum atomic E-state index is 11.4. The second kappa shape index (κ2) is 4.59. The maximum Gasteiger partial charge on any atom is 0.329 e. The van der Waals surface area contributed by atoms with E-state index in [2.05, 4.69) is 5.32 Å². The molecule has 4 N–H and O–H groups in total. The molecule has 6 heteroatoms. The Balaban J connectivity index is 2.73. The number of carboxylic acids is 1. The van der Waals surface area contributed by atoms with Crippen LogP contribution < -0.4 is 11.1 Å². The number of carbonyl (C=O) groups excluding carboxylic acids is 1. The molecule has 0 unspecified atom stereocenters. The van der Waals surface area contributed by atoms with Crippen molar-refractivity contribution < 1.29 is 19.4 Å². The molecule has 0 aromatic rings. The van der Waals surface area contributed by atoms with E-state index in [4.69, 9.17) is 15.6 Å². The molecule has 1 rings (SSSR count). The second-order valence-corrected chi connectivity index (χ2v) is 3.78. The standard InChI is InChI=1S/C9H16N2O4/c1-6(10)7(12)11-9(8(13)14)2-4-15-5-3-9/h6H,2-5,10H2,1H3,(H,11,12)(H,13,14)/t6-/m0/s1. The highest BCUT2D eigenvalue weighted by atomic mass is 16.5. The summed E-state index contributed by atoms with van der Waals surface area (Å²) in [6.07, 6.45) is 0.557. The van der Waals surface area contributed by atoms with E-state index in [0.29, 0.717) is 13.2 Å². The molecule has 1 amide bonds. The molecule has 1 aliphatic heterocycles. The Hall–Kier alpha value is -1.14. The fourth-order valence-electron chi connectivity index (χ4n) is 1.46. The zero-order chi connectivity index (χ0) is 11.5. The summed E-state index contributed by atoms with van der Waals surface area (Å²) >= 11 is 0. The molecule has 0 spiro atoms. The van der Waals surface area contributed by atoms with Crippen molar-refractivity contribution in [3.8, 4) is 0 Å². The summed E-state index contributed by atoms with van der Waals surface area (Å²) < 4.78 is 5.07. The minimum absolute atomic E-state index is 0.279. The van der Waals surface area contributed by atoms with Crippen LogP contribution in [0.5, 0.6) is 0 Å². The molecule has 1 atom stereocenters. The maximum absolute atomic E-state index is 11.4. The van der Waals surface area contributed by atoms with Crippen molar-refractivity contribution in [3.63, 3.8) is 0 Å². The van der Waals surface area contributed by atoms with Crippen molar-refractivity contribution in [3.05, 3.63) is 0 Å². The molecule has 0 aliphatic carbocycles. The highest BCUT2D eigenvalue weighted by molar-refractivity contribution is 5.89. The summed E-state index contributed by atoms with van der Waals surface area (Å²) in [5.74, 6) is -1.47. The van der Waals surface area contributed by atoms with Gasteiger partial charge in [0.2, 0.25) is 5.91 Å². The van der Waals surface area contributed by atoms with Crippen molar-refractivity contribution >= 4 is 11.9 Å². The lowest BCUT2D eigenvalue weighted by Gasteiger charge is -2.34. The normalized spacial score (nSPS) is 21.7. The van der Waals surface area contributed by atoms with Gasteiger partial charge in [-0.1, -0.05) is 0 Å². The number of hydrogen-bond donors (Lipinski definition) is 3. The topological polar surface area (TPSA) is 102 Å². The average Bonchev–Trinajstić information content (AvgIpc) is 2.18. The summed E-state index contributed by atoms with van der Waals surface area (Å²) in [5.41, 5.74) is 4.17. The Bertz CT molecular complexity index is 259. The van der Waals surface area contributed by atoms with E-state index in [9.17, 15) is 9.59 Å². The molecular weight excluding hydrogens is 200 g/mol. The van der Waals surface area contributed by atoms with Gasteiger partial charge >= 0.3 is 5.97 Å². The number of carboxylic acid groups (broad SMARTS) is 1. The van der Waals surface area contributed by atoms with E-state index in [0.717, 1.165) is 0 Å². The third-order valence-corrected chi connectivity index (χ3v) is 2.53. The first kappa shape index (κ1) is 11.9. The van der Waals surface area contributed by atoms with E-state index >= 15 is 0 Å². The van der Waals surface area contributed by atoms with Gasteiger partial charge in [0, 0.05) is 26.1 Å². The first-order valence-electron chi connectivity index (χ1n) is 4.87. The highest BCUT2D eigenvalue weighted by Crippen LogP contribution is 2.21. The number of carbonyl (C=O) groups is 2. The Labute approximate surface area is 87.8 Å². The van der Waals surface area contributed by atoms with Crippen LogP contribution in [0.1, 0.15) is 19.8 Å². The zero-order valence-corrected chi connectivity index (χ0v) is 8.66. The fraction of sp³-hybridized carbons (Fsp3) is 0.778. The third kappa shape index (κ3) is 2.66. The molecule has 86 valence electrons. The number of hydrogen-bond acceptors (Lipinski definition) is 4. The Morgan fingerprint density at radius 1 is 1.47 bits per heavy atom. The van der Waals surface area contributed by atoms with Crippen molar-refractivity contribution in [2.24, 2.45) is 5.73 Å². The summed E-state index contributed by atoms with van der Waals surface area (Å²) in [4.78, 5) is 22.5. The van der Waals surface area contributed by atoms with Gasteiger partial charge in [0.15, 0.2) is 0 Å². The lowest BCUT2D eigenvalue weighted by Crippen LogP contribution is -2.60. The van der Waals surface area contributed by atoms with Gasteiger partial charge in [-0.2, -0.15) is 0 Å². The van der Waals surface area contributed by atoms with Crippen LogP contribution in [0.4, 0.5) is 0 Å². The van der Waals surface area contributed by atoms with Crippen LogP contribution in [-0.2, 0) is 14.3 Å². The van der Waals surface area contributed by atoms with Crippen LogP contribution in [0.2, 0.25) is 0 Å². The Morgan fingerprint density at radius 2 is 2.00 bits per heavy atom. The van der Waals surface area contributed by atoms with E-state index in [1.165, 1.54) is 6.92 Å². The largest absolute Gasteiger partial charge is 0.480 e. The van der Waals surface area contributed by atoms with Crippen LogP contribution in [0.15, 0.2) is 0 Å². The molecule has 1 fully saturated rings. The number of ether oxygens (including phenoxy) is 1. The van der Waals surface area contributed by atoms with Gasteiger partial charge < -0.3 is 20.9 Å². The van der Waals surface area contributed by atoms with E-state index in [1.54, 1.807) is 0 Å². The molecule has 1 saturated heterocycles. The summed E-state index contributed by atoms with van der Waals surface area (Å²) in [5, 5.41) is 11.6. The minimum Gasteiger partial charge on any atom is -0.480 e. The summed E-state index contributed by atoms with van der Waals surface area (Å²) in [6.45, 7) is 2.20. The van der Waals surface area contributed by atoms with Gasteiger partial charge in [-0.15, -0.1) is 0 Å². The molecule has 6 nitrogen and oxygen atoms in total. The molecule has 0 saturated carbocycles. The van der Waals surface area contributed by atoms with Crippen LogP contribution in [-0.4, -0.2) is 41.8 Å². The number of aliphatic carboxylic acids is 1. The Morgan fingerprint density at radius 3 is 2.40 bits per heavy atom. The van der Waals surface area contributed by atoms with Crippen LogP contribution in [0.25, 0.3) is 0 Å². The summed E-state index contributed by atoms with van der Waals surface area (Å²) in [6, 6.07) is -0.705. The average molecular weight is 216 g/mol. The van der Waals surface area contributed by atoms with E-state index in [1.807, 2.05) is 0 Å². The zero-order valence-electron chi connectivity index (χ0n) is 8.66. The Kier molecular flexibility index (Phi) is 3.65. The lowest BCUT2D eigenvalue weighted by molar-refractivity contribution is -0.152. The molecule has 15 heavy (non-hydrogen) atoms. The quantitative estimate of drug-likeness (QED) is 0.566. The monoisotopic (exact) mass is 216 g/mol. The molecule has 1 aliphatic rings. The number of nitrogens with two attached hydrogens (primary N) is 1. The number of nitrogens with one attached hydrogen (secondary N) is 1. The highest BCUT2D eigenvalue weighted by Gasteiger charge is 2.41. The first-order chi connectivity index (χ1) is 6.98. The SMILES string of the molecule is C[C@H](N)C(=O)NC1(C(=O)O)CCOCC1. The van der Waals surface area contributed by atoms with Crippen LogP contribution in [0.3, 0.4) is 0 Å². The van der Waals surface area contributed by atoms with Gasteiger partial charge in [-0.25, -0.2) is 4.79 Å². The van der Waals surface area contributed by atoms with Crippen molar-refractivity contribution in [2.45, 2.75) is 31.3 Å². The first-order valence-corrected chi connectivity index (χ1v) is 4.87. The fourth-order valence-corrected chi connectivity index (χ4v) is 1.46. The second-order valence-electron chi connectivity index (χ2n) is 3.78. The van der Waals surface area contributed by atoms with E-state index in [-0.39, 0.29) is 12.8 Å². The smallest absolute Gasteiger partial charge is 0.329 e. The van der Waals surface area contributed by atoms with Gasteiger partial charge in [0.25, 0.3) is 0 Å².